The van der Waals surface area contributed by atoms with E-state index in [-0.39, 0.29) is 0 Å². The van der Waals surface area contributed by atoms with E-state index in [4.69, 9.17) is 4.98 Å². The van der Waals surface area contributed by atoms with Crippen LogP contribution in [0, 0.1) is 18.3 Å². The lowest BCUT2D eigenvalue weighted by atomic mass is 9.90. The third-order valence-electron chi connectivity index (χ3n) is 6.81. The second kappa shape index (κ2) is 8.71. The number of imidazole rings is 1. The van der Waals surface area contributed by atoms with Crippen LogP contribution in [-0.2, 0) is 25.8 Å². The molecule has 1 aliphatic carbocycles. The highest BCUT2D eigenvalue weighted by molar-refractivity contribution is 5.87. The number of para-hydroxylation sites is 1. The highest BCUT2D eigenvalue weighted by Gasteiger charge is 2.21. The average Bonchev–Trinajstić information content (AvgIpc) is 3.08. The molecule has 0 atom stereocenters. The molecule has 0 saturated carbocycles. The predicted molar refractivity (Wildman–Crippen MR) is 135 cm³/mol. The number of fused-ring (bicyclic) bond motifs is 3. The highest BCUT2D eigenvalue weighted by atomic mass is 15.1. The van der Waals surface area contributed by atoms with E-state index in [2.05, 4.69) is 85.1 Å². The molecule has 0 bridgehead atoms. The standard InChI is InChI=1S/C30H29N3/c1-4-8-28-32-30-20(2)9-7-12-27(30)33(28)19-22-13-16-26-24(17-22)15-14-23-10-5-6-11-25(23)29(26)21(3)18-31/h5-7,9-13,16-17H,4,8,14-15,19H2,1-3H3/b29-21-. The van der Waals surface area contributed by atoms with Gasteiger partial charge >= 0.3 is 0 Å². The maximum atomic E-state index is 9.74. The lowest BCUT2D eigenvalue weighted by Crippen LogP contribution is -2.06. The summed E-state index contributed by atoms with van der Waals surface area (Å²) in [6.45, 7) is 7.10. The minimum absolute atomic E-state index is 0.777. The molecule has 164 valence electrons. The molecule has 1 aromatic heterocycles. The Kier molecular flexibility index (Phi) is 5.60. The first-order valence-corrected chi connectivity index (χ1v) is 11.9. The molecule has 33 heavy (non-hydrogen) atoms. The van der Waals surface area contributed by atoms with Gasteiger partial charge in [-0.05, 0) is 72.6 Å². The van der Waals surface area contributed by atoms with Gasteiger partial charge in [-0.3, -0.25) is 0 Å². The number of benzene rings is 3. The van der Waals surface area contributed by atoms with Crippen LogP contribution in [0.25, 0.3) is 16.6 Å². The van der Waals surface area contributed by atoms with E-state index in [9.17, 15) is 5.26 Å². The first-order valence-electron chi connectivity index (χ1n) is 11.9. The van der Waals surface area contributed by atoms with E-state index in [1.54, 1.807) is 0 Å². The second-order valence-corrected chi connectivity index (χ2v) is 9.07. The summed E-state index contributed by atoms with van der Waals surface area (Å²) < 4.78 is 2.39. The van der Waals surface area contributed by atoms with E-state index in [0.29, 0.717) is 0 Å². The summed E-state index contributed by atoms with van der Waals surface area (Å²) in [6, 6.07) is 24.2. The van der Waals surface area contributed by atoms with Crippen LogP contribution in [-0.4, -0.2) is 9.55 Å². The van der Waals surface area contributed by atoms with Crippen molar-refractivity contribution in [3.05, 3.63) is 105 Å². The summed E-state index contributed by atoms with van der Waals surface area (Å²) in [4.78, 5) is 4.99. The number of hydrogen-bond donors (Lipinski definition) is 0. The molecule has 5 rings (SSSR count). The normalized spacial score (nSPS) is 14.4. The van der Waals surface area contributed by atoms with Gasteiger partial charge in [-0.15, -0.1) is 0 Å². The molecule has 3 heteroatoms. The summed E-state index contributed by atoms with van der Waals surface area (Å²) in [7, 11) is 0. The Hall–Kier alpha value is -3.64. The van der Waals surface area contributed by atoms with Crippen LogP contribution in [0.1, 0.15) is 59.5 Å². The van der Waals surface area contributed by atoms with Gasteiger partial charge in [0.1, 0.15) is 5.82 Å². The van der Waals surface area contributed by atoms with Crippen molar-refractivity contribution < 1.29 is 0 Å². The Labute approximate surface area is 196 Å². The van der Waals surface area contributed by atoms with Gasteiger partial charge in [0.25, 0.3) is 0 Å². The number of nitriles is 1. The second-order valence-electron chi connectivity index (χ2n) is 9.07. The Bertz CT molecular complexity index is 1430. The SMILES string of the molecule is CCCc1nc2c(C)cccc2n1Cc1ccc2c(c1)CCc1ccccc1/C2=C(\C)C#N. The molecule has 0 N–H and O–H groups in total. The average molecular weight is 432 g/mol. The van der Waals surface area contributed by atoms with E-state index < -0.39 is 0 Å². The predicted octanol–water partition coefficient (Wildman–Crippen LogP) is 6.79. The Morgan fingerprint density at radius 3 is 2.61 bits per heavy atom. The molecule has 1 heterocycles. The molecule has 3 nitrogen and oxygen atoms in total. The van der Waals surface area contributed by atoms with Crippen molar-refractivity contribution >= 4 is 16.6 Å². The first kappa shape index (κ1) is 21.2. The lowest BCUT2D eigenvalue weighted by molar-refractivity contribution is 0.721. The largest absolute Gasteiger partial charge is 0.323 e. The molecular formula is C30H29N3. The Balaban J connectivity index is 1.60. The van der Waals surface area contributed by atoms with Crippen LogP contribution in [0.2, 0.25) is 0 Å². The summed E-state index contributed by atoms with van der Waals surface area (Å²) in [5.74, 6) is 1.16. The minimum Gasteiger partial charge on any atom is -0.323 e. The van der Waals surface area contributed by atoms with Gasteiger partial charge in [0.2, 0.25) is 0 Å². The van der Waals surface area contributed by atoms with Crippen LogP contribution < -0.4 is 0 Å². The van der Waals surface area contributed by atoms with Crippen molar-refractivity contribution in [2.24, 2.45) is 0 Å². The maximum Gasteiger partial charge on any atom is 0.110 e. The zero-order valence-corrected chi connectivity index (χ0v) is 19.7. The van der Waals surface area contributed by atoms with Crippen molar-refractivity contribution in [2.75, 3.05) is 0 Å². The topological polar surface area (TPSA) is 41.6 Å². The van der Waals surface area contributed by atoms with Gasteiger partial charge in [0.05, 0.1) is 17.1 Å². The molecule has 0 amide bonds. The molecule has 0 radical (unpaired) electrons. The van der Waals surface area contributed by atoms with Crippen molar-refractivity contribution in [2.45, 2.75) is 53.0 Å². The molecule has 0 spiro atoms. The summed E-state index contributed by atoms with van der Waals surface area (Å²) in [6.07, 6.45) is 4.02. The van der Waals surface area contributed by atoms with Gasteiger partial charge in [-0.1, -0.05) is 61.5 Å². The van der Waals surface area contributed by atoms with Crippen molar-refractivity contribution in [1.29, 1.82) is 5.26 Å². The molecule has 0 aliphatic heterocycles. The zero-order valence-electron chi connectivity index (χ0n) is 19.7. The van der Waals surface area contributed by atoms with Crippen LogP contribution in [0.3, 0.4) is 0 Å². The van der Waals surface area contributed by atoms with Gasteiger partial charge in [-0.25, -0.2) is 4.98 Å². The summed E-state index contributed by atoms with van der Waals surface area (Å²) in [5, 5.41) is 9.74. The van der Waals surface area contributed by atoms with Gasteiger partial charge in [0, 0.05) is 24.1 Å². The van der Waals surface area contributed by atoms with E-state index in [0.717, 1.165) is 54.7 Å². The molecule has 0 unspecified atom stereocenters. The number of allylic oxidation sites excluding steroid dienone is 1. The Morgan fingerprint density at radius 2 is 1.79 bits per heavy atom. The number of hydrogen-bond acceptors (Lipinski definition) is 2. The summed E-state index contributed by atoms with van der Waals surface area (Å²) >= 11 is 0. The fourth-order valence-electron chi connectivity index (χ4n) is 5.16. The molecule has 3 aromatic carbocycles. The monoisotopic (exact) mass is 431 g/mol. The van der Waals surface area contributed by atoms with Crippen molar-refractivity contribution in [3.8, 4) is 6.07 Å². The quantitative estimate of drug-likeness (QED) is 0.334. The van der Waals surface area contributed by atoms with Gasteiger partial charge < -0.3 is 4.57 Å². The highest BCUT2D eigenvalue weighted by Crippen LogP contribution is 2.36. The van der Waals surface area contributed by atoms with Crippen LogP contribution >= 0.6 is 0 Å². The fraction of sp³-hybridized carbons (Fsp3) is 0.267. The zero-order chi connectivity index (χ0) is 22.9. The third-order valence-corrected chi connectivity index (χ3v) is 6.81. The van der Waals surface area contributed by atoms with E-state index in [1.165, 1.54) is 38.9 Å². The van der Waals surface area contributed by atoms with Crippen LogP contribution in [0.4, 0.5) is 0 Å². The van der Waals surface area contributed by atoms with E-state index >= 15 is 0 Å². The Morgan fingerprint density at radius 1 is 1.00 bits per heavy atom. The van der Waals surface area contributed by atoms with Crippen molar-refractivity contribution in [3.63, 3.8) is 0 Å². The molecule has 0 fully saturated rings. The first-order chi connectivity index (χ1) is 16.1. The van der Waals surface area contributed by atoms with E-state index in [1.807, 2.05) is 6.92 Å². The van der Waals surface area contributed by atoms with Crippen LogP contribution in [0.15, 0.2) is 66.2 Å². The number of nitrogens with zero attached hydrogens (tertiary/aromatic N) is 3. The molecule has 0 saturated heterocycles. The summed E-state index contributed by atoms with van der Waals surface area (Å²) in [5.41, 5.74) is 11.7. The van der Waals surface area contributed by atoms with Crippen LogP contribution in [0.5, 0.6) is 0 Å². The minimum atomic E-state index is 0.777. The number of aryl methyl sites for hydroxylation is 4. The third kappa shape index (κ3) is 3.76. The molecule has 4 aromatic rings. The number of rotatable bonds is 4. The molecule has 1 aliphatic rings. The fourth-order valence-corrected chi connectivity index (χ4v) is 5.16. The van der Waals surface area contributed by atoms with Crippen molar-refractivity contribution in [1.82, 2.24) is 9.55 Å². The number of aromatic nitrogens is 2. The maximum absolute atomic E-state index is 9.74. The van der Waals surface area contributed by atoms with Gasteiger partial charge in [0.15, 0.2) is 0 Å². The van der Waals surface area contributed by atoms with Gasteiger partial charge in [-0.2, -0.15) is 5.26 Å². The smallest absolute Gasteiger partial charge is 0.110 e. The lowest BCUT2D eigenvalue weighted by Gasteiger charge is -2.15. The molecular weight excluding hydrogens is 402 g/mol.